The third-order valence-electron chi connectivity index (χ3n) is 5.43. The number of carbonyl (C=O) groups excluding carboxylic acids is 2. The first-order chi connectivity index (χ1) is 14.9. The van der Waals surface area contributed by atoms with Gasteiger partial charge < -0.3 is 9.84 Å². The maximum absolute atomic E-state index is 13.2. The van der Waals surface area contributed by atoms with Crippen LogP contribution < -0.4 is 9.64 Å². The minimum Gasteiger partial charge on any atom is -0.507 e. The number of ether oxygens (including phenoxy) is 1. The number of hydrogen-bond acceptors (Lipinski definition) is 5. The van der Waals surface area contributed by atoms with Gasteiger partial charge in [-0.3, -0.25) is 19.5 Å². The van der Waals surface area contributed by atoms with Gasteiger partial charge >= 0.3 is 0 Å². The van der Waals surface area contributed by atoms with Gasteiger partial charge in [-0.05, 0) is 49.2 Å². The number of para-hydroxylation sites is 1. The summed E-state index contributed by atoms with van der Waals surface area (Å²) >= 11 is 0. The normalized spacial score (nSPS) is 17.8. The van der Waals surface area contributed by atoms with Gasteiger partial charge in [-0.25, -0.2) is 0 Å². The fourth-order valence-electron chi connectivity index (χ4n) is 3.92. The van der Waals surface area contributed by atoms with E-state index in [2.05, 4.69) is 4.98 Å². The Morgan fingerprint density at radius 3 is 2.52 bits per heavy atom. The number of ketones is 1. The van der Waals surface area contributed by atoms with E-state index in [4.69, 9.17) is 4.74 Å². The summed E-state index contributed by atoms with van der Waals surface area (Å²) < 4.78 is 5.40. The lowest BCUT2D eigenvalue weighted by Crippen LogP contribution is -2.30. The molecule has 0 radical (unpaired) electrons. The summed E-state index contributed by atoms with van der Waals surface area (Å²) in [5.74, 6) is -1.31. The number of aromatic nitrogens is 1. The van der Waals surface area contributed by atoms with Crippen LogP contribution in [0.3, 0.4) is 0 Å². The SMILES string of the molecule is COc1ccc(C)cc1/C(O)=C1\C(=O)C(=O)N(c2ccccc2C)C1c1cccnc1. The van der Waals surface area contributed by atoms with E-state index in [0.717, 1.165) is 11.1 Å². The van der Waals surface area contributed by atoms with Crippen molar-refractivity contribution in [3.8, 4) is 5.75 Å². The molecule has 1 aliphatic rings. The number of aliphatic hydroxyl groups excluding tert-OH is 1. The molecule has 6 heteroatoms. The molecule has 0 spiro atoms. The van der Waals surface area contributed by atoms with E-state index in [1.165, 1.54) is 12.0 Å². The number of pyridine rings is 1. The quantitative estimate of drug-likeness (QED) is 0.390. The Labute approximate surface area is 180 Å². The van der Waals surface area contributed by atoms with E-state index in [0.29, 0.717) is 22.6 Å². The van der Waals surface area contributed by atoms with Crippen molar-refractivity contribution >= 4 is 23.1 Å². The minimum absolute atomic E-state index is 0.00477. The molecule has 6 nitrogen and oxygen atoms in total. The second kappa shape index (κ2) is 8.07. The Kier molecular flexibility index (Phi) is 5.29. The number of nitrogens with zero attached hydrogens (tertiary/aromatic N) is 2. The van der Waals surface area contributed by atoms with Gasteiger partial charge in [0, 0.05) is 18.1 Å². The Morgan fingerprint density at radius 1 is 1.06 bits per heavy atom. The third-order valence-corrected chi connectivity index (χ3v) is 5.43. The zero-order valence-electron chi connectivity index (χ0n) is 17.5. The van der Waals surface area contributed by atoms with E-state index in [9.17, 15) is 14.7 Å². The number of aryl methyl sites for hydroxylation is 2. The summed E-state index contributed by atoms with van der Waals surface area (Å²) in [5.41, 5.74) is 3.32. The molecule has 0 bridgehead atoms. The maximum Gasteiger partial charge on any atom is 0.300 e. The van der Waals surface area contributed by atoms with Gasteiger partial charge in [-0.2, -0.15) is 0 Å². The van der Waals surface area contributed by atoms with Gasteiger partial charge in [0.25, 0.3) is 11.7 Å². The first-order valence-electron chi connectivity index (χ1n) is 9.85. The van der Waals surface area contributed by atoms with Crippen molar-refractivity contribution in [3.05, 3.63) is 94.8 Å². The van der Waals surface area contributed by atoms with Crippen LogP contribution in [0.25, 0.3) is 5.76 Å². The topological polar surface area (TPSA) is 79.7 Å². The second-order valence-corrected chi connectivity index (χ2v) is 7.45. The number of Topliss-reactive ketones (excluding diaryl/α,β-unsaturated/α-hetero) is 1. The standard InChI is InChI=1S/C25H22N2O4/c1-15-10-11-20(31-3)18(13-15)23(28)21-22(17-8-6-12-26-14-17)27(25(30)24(21)29)19-9-5-4-7-16(19)2/h4-14,22,28H,1-3H3/b23-21+. The van der Waals surface area contributed by atoms with E-state index in [-0.39, 0.29) is 11.3 Å². The van der Waals surface area contributed by atoms with Crippen LogP contribution in [0.15, 0.2) is 72.6 Å². The first-order valence-corrected chi connectivity index (χ1v) is 9.85. The van der Waals surface area contributed by atoms with Crippen LogP contribution in [0.5, 0.6) is 5.75 Å². The molecule has 1 unspecified atom stereocenters. The Morgan fingerprint density at radius 2 is 1.84 bits per heavy atom. The molecular formula is C25H22N2O4. The zero-order valence-corrected chi connectivity index (χ0v) is 17.5. The molecule has 2 aromatic carbocycles. The van der Waals surface area contributed by atoms with E-state index in [1.54, 1.807) is 42.7 Å². The number of hydrogen-bond donors (Lipinski definition) is 1. The molecule has 156 valence electrons. The number of benzene rings is 2. The molecular weight excluding hydrogens is 392 g/mol. The molecule has 4 rings (SSSR count). The van der Waals surface area contributed by atoms with Gasteiger partial charge in [0.15, 0.2) is 0 Å². The third kappa shape index (κ3) is 3.46. The lowest BCUT2D eigenvalue weighted by atomic mass is 9.95. The molecule has 3 aromatic rings. The molecule has 1 aliphatic heterocycles. The lowest BCUT2D eigenvalue weighted by molar-refractivity contribution is -0.132. The maximum atomic E-state index is 13.2. The van der Waals surface area contributed by atoms with E-state index >= 15 is 0 Å². The predicted molar refractivity (Wildman–Crippen MR) is 118 cm³/mol. The van der Waals surface area contributed by atoms with Crippen LogP contribution >= 0.6 is 0 Å². The van der Waals surface area contributed by atoms with Gasteiger partial charge in [0.05, 0.1) is 24.3 Å². The molecule has 31 heavy (non-hydrogen) atoms. The summed E-state index contributed by atoms with van der Waals surface area (Å²) in [6.45, 7) is 3.75. The molecule has 1 aromatic heterocycles. The Balaban J connectivity index is 2.00. The summed E-state index contributed by atoms with van der Waals surface area (Å²) in [5, 5.41) is 11.3. The number of amides is 1. The summed E-state index contributed by atoms with van der Waals surface area (Å²) in [4.78, 5) is 32.0. The van der Waals surface area contributed by atoms with Crippen LogP contribution in [0.1, 0.15) is 28.3 Å². The number of methoxy groups -OCH3 is 1. The van der Waals surface area contributed by atoms with Gasteiger partial charge in [-0.15, -0.1) is 0 Å². The molecule has 0 saturated carbocycles. The summed E-state index contributed by atoms with van der Waals surface area (Å²) in [6, 6.07) is 15.3. The summed E-state index contributed by atoms with van der Waals surface area (Å²) in [7, 11) is 1.49. The number of rotatable bonds is 4. The minimum atomic E-state index is -0.819. The summed E-state index contributed by atoms with van der Waals surface area (Å²) in [6.07, 6.45) is 3.22. The molecule has 1 fully saturated rings. The smallest absolute Gasteiger partial charge is 0.300 e. The highest BCUT2D eigenvalue weighted by atomic mass is 16.5. The van der Waals surface area contributed by atoms with Crippen molar-refractivity contribution in [2.75, 3.05) is 12.0 Å². The molecule has 1 atom stereocenters. The van der Waals surface area contributed by atoms with Crippen molar-refractivity contribution in [1.29, 1.82) is 0 Å². The predicted octanol–water partition coefficient (Wildman–Crippen LogP) is 4.33. The fourth-order valence-corrected chi connectivity index (χ4v) is 3.92. The van der Waals surface area contributed by atoms with Crippen molar-refractivity contribution in [2.45, 2.75) is 19.9 Å². The van der Waals surface area contributed by atoms with E-state index in [1.807, 2.05) is 38.1 Å². The van der Waals surface area contributed by atoms with Crippen molar-refractivity contribution in [2.24, 2.45) is 0 Å². The monoisotopic (exact) mass is 414 g/mol. The van der Waals surface area contributed by atoms with Crippen LogP contribution in [0.4, 0.5) is 5.69 Å². The highest BCUT2D eigenvalue weighted by Crippen LogP contribution is 2.43. The molecule has 1 amide bonds. The highest BCUT2D eigenvalue weighted by Gasteiger charge is 2.47. The number of aliphatic hydroxyl groups is 1. The van der Waals surface area contributed by atoms with Gasteiger partial charge in [0.1, 0.15) is 11.5 Å². The second-order valence-electron chi connectivity index (χ2n) is 7.45. The number of carbonyl (C=O) groups is 2. The fraction of sp³-hybridized carbons (Fsp3) is 0.160. The largest absolute Gasteiger partial charge is 0.507 e. The molecule has 1 N–H and O–H groups in total. The first kappa shape index (κ1) is 20.3. The van der Waals surface area contributed by atoms with Crippen molar-refractivity contribution in [3.63, 3.8) is 0 Å². The highest BCUT2D eigenvalue weighted by molar-refractivity contribution is 6.51. The lowest BCUT2D eigenvalue weighted by Gasteiger charge is -2.26. The molecule has 1 saturated heterocycles. The van der Waals surface area contributed by atoms with E-state index < -0.39 is 17.7 Å². The van der Waals surface area contributed by atoms with Crippen molar-refractivity contribution < 1.29 is 19.4 Å². The molecule has 2 heterocycles. The van der Waals surface area contributed by atoms with Gasteiger partial charge in [-0.1, -0.05) is 35.9 Å². The Bertz CT molecular complexity index is 1200. The van der Waals surface area contributed by atoms with Crippen LogP contribution in [0.2, 0.25) is 0 Å². The van der Waals surface area contributed by atoms with Gasteiger partial charge in [0.2, 0.25) is 0 Å². The average molecular weight is 414 g/mol. The molecule has 0 aliphatic carbocycles. The average Bonchev–Trinajstić information content (AvgIpc) is 3.05. The van der Waals surface area contributed by atoms with Crippen molar-refractivity contribution in [1.82, 2.24) is 4.98 Å². The van der Waals surface area contributed by atoms with Crippen LogP contribution in [0, 0.1) is 13.8 Å². The van der Waals surface area contributed by atoms with Crippen LogP contribution in [-0.4, -0.2) is 28.9 Å². The van der Waals surface area contributed by atoms with Crippen LogP contribution in [-0.2, 0) is 9.59 Å². The zero-order chi connectivity index (χ0) is 22.1. The Hall–Kier alpha value is -3.93. The number of anilines is 1.